The number of amides is 1. The summed E-state index contributed by atoms with van der Waals surface area (Å²) in [6.45, 7) is 1.94. The molecule has 0 bridgehead atoms. The Hall–Kier alpha value is -1.53. The molecule has 2 aromatic rings. The van der Waals surface area contributed by atoms with Crippen LogP contribution in [0.25, 0.3) is 0 Å². The lowest BCUT2D eigenvalue weighted by atomic mass is 10.1. The lowest BCUT2D eigenvalue weighted by molar-refractivity contribution is 0.102. The number of anilines is 1. The Kier molecular flexibility index (Phi) is 4.35. The van der Waals surface area contributed by atoms with Gasteiger partial charge in [0.1, 0.15) is 11.5 Å². The maximum absolute atomic E-state index is 12.1. The number of nitrogens with one attached hydrogen (secondary N) is 1. The molecule has 1 amide bonds. The Morgan fingerprint density at radius 1 is 1.00 bits per heavy atom. The molecule has 20 heavy (non-hydrogen) atoms. The molecule has 0 saturated heterocycles. The summed E-state index contributed by atoms with van der Waals surface area (Å²) in [4.78, 5) is 12.1. The molecule has 0 atom stereocenters. The van der Waals surface area contributed by atoms with E-state index in [1.165, 1.54) is 12.1 Å². The molecule has 0 unspecified atom stereocenters. The minimum absolute atomic E-state index is 0.168. The summed E-state index contributed by atoms with van der Waals surface area (Å²) in [7, 11) is 0. The highest BCUT2D eigenvalue weighted by Crippen LogP contribution is 2.33. The van der Waals surface area contributed by atoms with E-state index in [-0.39, 0.29) is 17.1 Å². The zero-order valence-corrected chi connectivity index (χ0v) is 13.6. The number of aryl methyl sites for hydroxylation is 1. The molecule has 0 heterocycles. The van der Waals surface area contributed by atoms with Gasteiger partial charge in [-0.2, -0.15) is 0 Å². The fraction of sp³-hybridized carbons (Fsp3) is 0.0714. The summed E-state index contributed by atoms with van der Waals surface area (Å²) < 4.78 is 1.48. The number of hydrogen-bond acceptors (Lipinski definition) is 3. The fourth-order valence-electron chi connectivity index (χ4n) is 1.73. The molecular formula is C14H11Br2NO3. The number of carbonyl (C=O) groups excluding carboxylic acids is 1. The number of hydrogen-bond donors (Lipinski definition) is 3. The van der Waals surface area contributed by atoms with Crippen molar-refractivity contribution in [3.05, 3.63) is 50.4 Å². The zero-order valence-electron chi connectivity index (χ0n) is 10.4. The summed E-state index contributed by atoms with van der Waals surface area (Å²) in [5.74, 6) is -0.768. The average molecular weight is 401 g/mol. The molecule has 104 valence electrons. The molecule has 0 fully saturated rings. The van der Waals surface area contributed by atoms with Crippen molar-refractivity contribution >= 4 is 43.5 Å². The van der Waals surface area contributed by atoms with Gasteiger partial charge in [0.15, 0.2) is 0 Å². The number of rotatable bonds is 2. The van der Waals surface area contributed by atoms with Gasteiger partial charge in [0.05, 0.1) is 5.69 Å². The maximum Gasteiger partial charge on any atom is 0.255 e. The van der Waals surface area contributed by atoms with Crippen molar-refractivity contribution in [2.75, 3.05) is 5.32 Å². The van der Waals surface area contributed by atoms with Crippen molar-refractivity contribution in [2.45, 2.75) is 6.92 Å². The molecule has 2 rings (SSSR count). The van der Waals surface area contributed by atoms with Crippen LogP contribution in [0.1, 0.15) is 15.9 Å². The minimum atomic E-state index is -0.429. The quantitative estimate of drug-likeness (QED) is 0.708. The molecule has 2 aromatic carbocycles. The van der Waals surface area contributed by atoms with Crippen LogP contribution in [-0.2, 0) is 0 Å². The van der Waals surface area contributed by atoms with E-state index in [1.54, 1.807) is 0 Å². The van der Waals surface area contributed by atoms with Crippen molar-refractivity contribution < 1.29 is 15.0 Å². The van der Waals surface area contributed by atoms with Crippen LogP contribution in [0.3, 0.4) is 0 Å². The predicted octanol–water partition coefficient (Wildman–Crippen LogP) is 4.18. The molecular weight excluding hydrogens is 390 g/mol. The van der Waals surface area contributed by atoms with Gasteiger partial charge in [-0.3, -0.25) is 4.79 Å². The molecule has 0 saturated carbocycles. The average Bonchev–Trinajstić information content (AvgIpc) is 2.32. The SMILES string of the molecule is Cc1cc(Br)c(NC(=O)c2cc(O)cc(O)c2)c(Br)c1. The molecule has 0 radical (unpaired) electrons. The van der Waals surface area contributed by atoms with Crippen LogP contribution in [0, 0.1) is 6.92 Å². The Bertz CT molecular complexity index is 643. The largest absolute Gasteiger partial charge is 0.508 e. The molecule has 4 nitrogen and oxygen atoms in total. The smallest absolute Gasteiger partial charge is 0.255 e. The fourth-order valence-corrected chi connectivity index (χ4v) is 3.34. The highest BCUT2D eigenvalue weighted by molar-refractivity contribution is 9.11. The van der Waals surface area contributed by atoms with Gasteiger partial charge in [0.2, 0.25) is 0 Å². The predicted molar refractivity (Wildman–Crippen MR) is 84.3 cm³/mol. The van der Waals surface area contributed by atoms with Gasteiger partial charge in [-0.05, 0) is 68.6 Å². The topological polar surface area (TPSA) is 69.6 Å². The first-order chi connectivity index (χ1) is 9.36. The van der Waals surface area contributed by atoms with Crippen LogP contribution in [0.15, 0.2) is 39.3 Å². The number of carbonyl (C=O) groups is 1. The Morgan fingerprint density at radius 3 is 2.00 bits per heavy atom. The first-order valence-electron chi connectivity index (χ1n) is 5.67. The Balaban J connectivity index is 2.32. The van der Waals surface area contributed by atoms with Crippen molar-refractivity contribution in [2.24, 2.45) is 0 Å². The molecule has 0 aliphatic rings. The summed E-state index contributed by atoms with van der Waals surface area (Å²) >= 11 is 6.77. The molecule has 0 aliphatic carbocycles. The summed E-state index contributed by atoms with van der Waals surface area (Å²) in [5, 5.41) is 21.5. The first-order valence-corrected chi connectivity index (χ1v) is 7.25. The number of halogens is 2. The van der Waals surface area contributed by atoms with Gasteiger partial charge in [0, 0.05) is 20.6 Å². The molecule has 3 N–H and O–H groups in total. The van der Waals surface area contributed by atoms with Gasteiger partial charge in [-0.25, -0.2) is 0 Å². The van der Waals surface area contributed by atoms with Crippen molar-refractivity contribution in [1.82, 2.24) is 0 Å². The monoisotopic (exact) mass is 399 g/mol. The standard InChI is InChI=1S/C14H11Br2NO3/c1-7-2-11(15)13(12(16)3-7)17-14(20)8-4-9(18)6-10(19)5-8/h2-6,18-19H,1H3,(H,17,20). The van der Waals surface area contributed by atoms with Crippen LogP contribution < -0.4 is 5.32 Å². The normalized spacial score (nSPS) is 10.3. The second-order valence-corrected chi connectivity index (χ2v) is 6.00. The van der Waals surface area contributed by atoms with E-state index in [0.717, 1.165) is 20.6 Å². The molecule has 0 spiro atoms. The number of benzene rings is 2. The van der Waals surface area contributed by atoms with Crippen LogP contribution in [0.4, 0.5) is 5.69 Å². The van der Waals surface area contributed by atoms with E-state index >= 15 is 0 Å². The third-order valence-corrected chi connectivity index (χ3v) is 3.84. The maximum atomic E-state index is 12.1. The lowest BCUT2D eigenvalue weighted by Crippen LogP contribution is -2.12. The van der Waals surface area contributed by atoms with E-state index in [4.69, 9.17) is 0 Å². The van der Waals surface area contributed by atoms with E-state index in [0.29, 0.717) is 5.69 Å². The van der Waals surface area contributed by atoms with E-state index in [9.17, 15) is 15.0 Å². The third-order valence-electron chi connectivity index (χ3n) is 2.59. The van der Waals surface area contributed by atoms with Crippen LogP contribution >= 0.6 is 31.9 Å². The molecule has 6 heteroatoms. The van der Waals surface area contributed by atoms with Gasteiger partial charge in [-0.1, -0.05) is 0 Å². The van der Waals surface area contributed by atoms with Crippen LogP contribution in [-0.4, -0.2) is 16.1 Å². The van der Waals surface area contributed by atoms with Gasteiger partial charge in [0.25, 0.3) is 5.91 Å². The van der Waals surface area contributed by atoms with Crippen molar-refractivity contribution in [3.63, 3.8) is 0 Å². The molecule has 0 aliphatic heterocycles. The summed E-state index contributed by atoms with van der Waals surface area (Å²) in [5.41, 5.74) is 1.79. The highest BCUT2D eigenvalue weighted by atomic mass is 79.9. The van der Waals surface area contributed by atoms with Crippen molar-refractivity contribution in [3.8, 4) is 11.5 Å². The van der Waals surface area contributed by atoms with Gasteiger partial charge < -0.3 is 15.5 Å². The van der Waals surface area contributed by atoms with Gasteiger partial charge >= 0.3 is 0 Å². The number of phenolic OH excluding ortho intramolecular Hbond substituents is 2. The minimum Gasteiger partial charge on any atom is -0.508 e. The Labute approximate surface area is 132 Å². The summed E-state index contributed by atoms with van der Waals surface area (Å²) in [6, 6.07) is 7.48. The van der Waals surface area contributed by atoms with Gasteiger partial charge in [-0.15, -0.1) is 0 Å². The van der Waals surface area contributed by atoms with E-state index in [1.807, 2.05) is 19.1 Å². The summed E-state index contributed by atoms with van der Waals surface area (Å²) in [6.07, 6.45) is 0. The van der Waals surface area contributed by atoms with E-state index < -0.39 is 5.91 Å². The molecule has 0 aromatic heterocycles. The highest BCUT2D eigenvalue weighted by Gasteiger charge is 2.13. The first kappa shape index (κ1) is 14.9. The second kappa shape index (κ2) is 5.85. The second-order valence-electron chi connectivity index (χ2n) is 4.30. The van der Waals surface area contributed by atoms with Crippen LogP contribution in [0.5, 0.6) is 11.5 Å². The zero-order chi connectivity index (χ0) is 14.9. The van der Waals surface area contributed by atoms with Crippen LogP contribution in [0.2, 0.25) is 0 Å². The number of aromatic hydroxyl groups is 2. The Morgan fingerprint density at radius 2 is 1.50 bits per heavy atom. The van der Waals surface area contributed by atoms with Crippen molar-refractivity contribution in [1.29, 1.82) is 0 Å². The third kappa shape index (κ3) is 3.32. The van der Waals surface area contributed by atoms with E-state index in [2.05, 4.69) is 37.2 Å². The lowest BCUT2D eigenvalue weighted by Gasteiger charge is -2.11. The number of phenols is 2.